The fraction of sp³-hybridized carbons (Fsp3) is 0.250. The molecule has 1 N–H and O–H groups in total. The van der Waals surface area contributed by atoms with E-state index in [-0.39, 0.29) is 21.3 Å². The molecule has 3 aromatic rings. The highest BCUT2D eigenvalue weighted by molar-refractivity contribution is 7.92. The number of anilines is 1. The van der Waals surface area contributed by atoms with E-state index in [0.29, 0.717) is 11.6 Å². The molecule has 4 rings (SSSR count). The Balaban J connectivity index is 1.50. The van der Waals surface area contributed by atoms with Crippen LogP contribution in [0.4, 0.5) is 32.0 Å². The molecule has 1 amide bonds. The predicted octanol–water partition coefficient (Wildman–Crippen LogP) is 7.41. The van der Waals surface area contributed by atoms with Crippen molar-refractivity contribution in [3.05, 3.63) is 98.3 Å². The Labute approximate surface area is 271 Å². The highest BCUT2D eigenvalue weighted by Gasteiger charge is 2.67. The lowest BCUT2D eigenvalue weighted by molar-refractivity contribution is -0.117. The van der Waals surface area contributed by atoms with Crippen LogP contribution >= 0.6 is 46.4 Å². The number of carbonyl (C=O) groups is 3. The molecule has 1 fully saturated rings. The van der Waals surface area contributed by atoms with Gasteiger partial charge in [-0.15, -0.1) is 23.2 Å². The van der Waals surface area contributed by atoms with Crippen LogP contribution in [-0.4, -0.2) is 41.5 Å². The van der Waals surface area contributed by atoms with E-state index < -0.39 is 96.2 Å². The topological polar surface area (TPSA) is 97.4 Å². The van der Waals surface area contributed by atoms with Gasteiger partial charge in [-0.05, 0) is 47.5 Å². The van der Waals surface area contributed by atoms with Gasteiger partial charge in [-0.3, -0.25) is 14.4 Å². The third kappa shape index (κ3) is 7.43. The lowest BCUT2D eigenvalue weighted by Gasteiger charge is -2.12. The van der Waals surface area contributed by atoms with Crippen molar-refractivity contribution in [3.8, 4) is 0 Å². The number of rotatable bonds is 10. The van der Waals surface area contributed by atoms with Crippen molar-refractivity contribution in [3.63, 3.8) is 0 Å². The molecule has 0 aromatic heterocycles. The lowest BCUT2D eigenvalue weighted by atomic mass is 9.98. The first kappa shape index (κ1) is 35.0. The Kier molecular flexibility index (Phi) is 9.92. The fourth-order valence-corrected chi connectivity index (χ4v) is 6.49. The summed E-state index contributed by atoms with van der Waals surface area (Å²) >= 11 is 24.6. The minimum absolute atomic E-state index is 0.0522. The summed E-state index contributed by atoms with van der Waals surface area (Å²) in [4.78, 5) is 38.0. The smallest absolute Gasteiger partial charge is 0.326 e. The van der Waals surface area contributed by atoms with Crippen LogP contribution in [0.3, 0.4) is 0 Å². The first-order valence-electron chi connectivity index (χ1n) is 12.5. The number of Topliss-reactive ketones (excluding diaryl/α,β-unsaturated/α-hetero) is 2. The molecule has 240 valence electrons. The van der Waals surface area contributed by atoms with E-state index in [1.807, 2.05) is 0 Å². The molecule has 0 saturated heterocycles. The molecule has 0 bridgehead atoms. The minimum atomic E-state index is -5.88. The van der Waals surface area contributed by atoms with Gasteiger partial charge in [0.1, 0.15) is 27.5 Å². The van der Waals surface area contributed by atoms with Crippen LogP contribution in [0.2, 0.25) is 10.0 Å². The number of benzene rings is 3. The third-order valence-electron chi connectivity index (χ3n) is 6.87. The average Bonchev–Trinajstić information content (AvgIpc) is 3.51. The minimum Gasteiger partial charge on any atom is -0.326 e. The molecular formula is C28H17Cl4F6NO5S. The lowest BCUT2D eigenvalue weighted by Crippen LogP contribution is -2.31. The van der Waals surface area contributed by atoms with Crippen molar-refractivity contribution < 1.29 is 49.1 Å². The maximum absolute atomic E-state index is 15.1. The molecule has 1 aliphatic rings. The molecule has 0 aliphatic heterocycles. The van der Waals surface area contributed by atoms with Gasteiger partial charge in [-0.25, -0.2) is 21.6 Å². The normalized spacial score (nSPS) is 17.6. The number of halogens is 10. The van der Waals surface area contributed by atoms with Crippen molar-refractivity contribution >= 4 is 79.4 Å². The van der Waals surface area contributed by atoms with Crippen LogP contribution in [0.1, 0.15) is 33.0 Å². The summed E-state index contributed by atoms with van der Waals surface area (Å²) in [6.45, 7) is 0. The second kappa shape index (κ2) is 12.7. The number of hydrogen-bond donors (Lipinski definition) is 1. The number of nitrogens with one attached hydrogen (secondary N) is 1. The van der Waals surface area contributed by atoms with Gasteiger partial charge in [0, 0.05) is 35.6 Å². The molecule has 3 aromatic carbocycles. The number of hydrogen-bond acceptors (Lipinski definition) is 5. The molecule has 6 nitrogen and oxygen atoms in total. The van der Waals surface area contributed by atoms with Crippen LogP contribution in [0.25, 0.3) is 0 Å². The van der Waals surface area contributed by atoms with Crippen molar-refractivity contribution in [1.29, 1.82) is 0 Å². The average molecular weight is 735 g/mol. The first-order chi connectivity index (χ1) is 20.7. The largest absolute Gasteiger partial charge is 0.497 e. The molecule has 1 saturated carbocycles. The molecule has 0 heterocycles. The van der Waals surface area contributed by atoms with E-state index in [1.165, 1.54) is 24.3 Å². The number of alkyl halides is 5. The van der Waals surface area contributed by atoms with Crippen LogP contribution in [0.15, 0.2) is 48.5 Å². The number of carbonyl (C=O) groups excluding carboxylic acids is 3. The summed E-state index contributed by atoms with van der Waals surface area (Å²) in [6, 6.07) is 9.02. The summed E-state index contributed by atoms with van der Waals surface area (Å²) in [5, 5.41) is 2.21. The Morgan fingerprint density at radius 2 is 1.51 bits per heavy atom. The Morgan fingerprint density at radius 1 is 0.867 bits per heavy atom. The quantitative estimate of drug-likeness (QED) is 0.133. The van der Waals surface area contributed by atoms with Gasteiger partial charge in [-0.1, -0.05) is 35.3 Å². The van der Waals surface area contributed by atoms with Crippen LogP contribution in [0.5, 0.6) is 0 Å². The molecule has 0 spiro atoms. The van der Waals surface area contributed by atoms with Crippen molar-refractivity contribution in [2.75, 3.05) is 11.1 Å². The van der Waals surface area contributed by atoms with Gasteiger partial charge in [-0.2, -0.15) is 13.2 Å². The molecule has 0 unspecified atom stereocenters. The molecule has 0 radical (unpaired) electrons. The number of amides is 1. The maximum atomic E-state index is 15.1. The van der Waals surface area contributed by atoms with E-state index in [4.69, 9.17) is 46.4 Å². The standard InChI is InChI=1S/C28H17Cl4F6NO5S/c29-18-4-3-14(39-26(42)24-23(27(24,31)32)12-1-6-21(34)19(30)7-12)9-16(18)22(41)8-13-2-5-20(33)17(25(13)35)10-15(40)11-45(43,44)28(36,37)38/h1-7,9,23-24H,8,10-11H2,(H,39,42)/t23-,24+/m0/s1. The van der Waals surface area contributed by atoms with Gasteiger partial charge >= 0.3 is 5.51 Å². The SMILES string of the molecule is O=C(Cc1c(F)ccc(CC(=O)c2cc(NC(=O)[C@H]3[C@H](c4ccc(F)c(Cl)c4)C3(Cl)Cl)ccc2Cl)c1F)CS(=O)(=O)C(F)(F)F. The van der Waals surface area contributed by atoms with E-state index in [1.54, 1.807) is 0 Å². The molecule has 45 heavy (non-hydrogen) atoms. The number of ketones is 2. The maximum Gasteiger partial charge on any atom is 0.497 e. The van der Waals surface area contributed by atoms with Gasteiger partial charge < -0.3 is 5.32 Å². The highest BCUT2D eigenvalue weighted by atomic mass is 35.5. The third-order valence-corrected chi connectivity index (χ3v) is 9.83. The van der Waals surface area contributed by atoms with E-state index in [9.17, 15) is 44.8 Å². The van der Waals surface area contributed by atoms with Gasteiger partial charge in [0.15, 0.2) is 11.6 Å². The Hall–Kier alpha value is -2.84. The summed E-state index contributed by atoms with van der Waals surface area (Å²) in [7, 11) is -5.88. The zero-order valence-corrected chi connectivity index (χ0v) is 26.0. The summed E-state index contributed by atoms with van der Waals surface area (Å²) < 4.78 is 102. The molecule has 2 atom stereocenters. The molecular weight excluding hydrogens is 718 g/mol. The zero-order valence-electron chi connectivity index (χ0n) is 22.1. The highest BCUT2D eigenvalue weighted by Crippen LogP contribution is 2.65. The fourth-order valence-electron chi connectivity index (χ4n) is 4.57. The van der Waals surface area contributed by atoms with Crippen molar-refractivity contribution in [1.82, 2.24) is 0 Å². The monoisotopic (exact) mass is 733 g/mol. The van der Waals surface area contributed by atoms with E-state index in [0.717, 1.165) is 18.2 Å². The van der Waals surface area contributed by atoms with Crippen LogP contribution in [0, 0.1) is 23.4 Å². The molecule has 17 heteroatoms. The Morgan fingerprint density at radius 3 is 2.13 bits per heavy atom. The van der Waals surface area contributed by atoms with Crippen molar-refractivity contribution in [2.24, 2.45) is 5.92 Å². The van der Waals surface area contributed by atoms with Crippen LogP contribution < -0.4 is 5.32 Å². The van der Waals surface area contributed by atoms with Gasteiger partial charge in [0.05, 0.1) is 16.0 Å². The predicted molar refractivity (Wildman–Crippen MR) is 155 cm³/mol. The van der Waals surface area contributed by atoms with Crippen LogP contribution in [-0.2, 0) is 32.3 Å². The zero-order chi connectivity index (χ0) is 33.6. The second-order valence-electron chi connectivity index (χ2n) is 10.0. The van der Waals surface area contributed by atoms with Gasteiger partial charge in [0.25, 0.3) is 9.84 Å². The van der Waals surface area contributed by atoms with Gasteiger partial charge in [0.2, 0.25) is 5.91 Å². The molecule has 1 aliphatic carbocycles. The summed E-state index contributed by atoms with van der Waals surface area (Å²) in [6.07, 6.45) is -2.10. The van der Waals surface area contributed by atoms with E-state index in [2.05, 4.69) is 5.32 Å². The first-order valence-corrected chi connectivity index (χ1v) is 15.6. The summed E-state index contributed by atoms with van der Waals surface area (Å²) in [5.41, 5.74) is -6.99. The number of sulfone groups is 1. The summed E-state index contributed by atoms with van der Waals surface area (Å²) in [5.74, 6) is -10.4. The van der Waals surface area contributed by atoms with E-state index >= 15 is 4.39 Å². The Bertz CT molecular complexity index is 1830. The second-order valence-corrected chi connectivity index (χ2v) is 14.2. The van der Waals surface area contributed by atoms with Crippen molar-refractivity contribution in [2.45, 2.75) is 28.6 Å².